The predicted molar refractivity (Wildman–Crippen MR) is 60.2 cm³/mol. The quantitative estimate of drug-likeness (QED) is 0.786. The van der Waals surface area contributed by atoms with Crippen molar-refractivity contribution < 1.29 is 9.21 Å². The number of hydrogen-bond donors (Lipinski definition) is 1. The maximum absolute atomic E-state index is 10.9. The number of aromatic nitrogens is 2. The first kappa shape index (κ1) is 12.8. The maximum Gasteiger partial charge on any atom is 0.318 e. The van der Waals surface area contributed by atoms with Gasteiger partial charge in [0.25, 0.3) is 0 Å². The maximum atomic E-state index is 10.9. The van der Waals surface area contributed by atoms with Gasteiger partial charge in [0.1, 0.15) is 11.9 Å². The molecule has 2 N–H and O–H groups in total. The highest BCUT2D eigenvalue weighted by molar-refractivity contribution is 6.20. The van der Waals surface area contributed by atoms with Gasteiger partial charge < -0.3 is 15.1 Å². The smallest absolute Gasteiger partial charge is 0.318 e. The molecule has 1 atom stereocenters. The highest BCUT2D eigenvalue weighted by atomic mass is 35.5. The molecule has 7 heteroatoms. The van der Waals surface area contributed by atoms with Crippen LogP contribution in [-0.4, -0.2) is 28.7 Å². The minimum Gasteiger partial charge on any atom is -0.406 e. The van der Waals surface area contributed by atoms with Crippen molar-refractivity contribution in [3.63, 3.8) is 0 Å². The zero-order valence-electron chi connectivity index (χ0n) is 9.48. The molecule has 1 heterocycles. The number of nitrogens with zero attached hydrogens (tertiary/aromatic N) is 3. The minimum absolute atomic E-state index is 0.0337. The van der Waals surface area contributed by atoms with Gasteiger partial charge in [0, 0.05) is 6.04 Å². The minimum atomic E-state index is -0.452. The van der Waals surface area contributed by atoms with Crippen LogP contribution in [0.15, 0.2) is 4.42 Å². The first-order chi connectivity index (χ1) is 7.41. The Morgan fingerprint density at radius 3 is 2.50 bits per heavy atom. The van der Waals surface area contributed by atoms with Crippen molar-refractivity contribution in [1.82, 2.24) is 10.2 Å². The predicted octanol–water partition coefficient (Wildman–Crippen LogP) is 1.07. The molecule has 6 nitrogen and oxygen atoms in total. The second kappa shape index (κ2) is 5.16. The van der Waals surface area contributed by atoms with Crippen molar-refractivity contribution in [3.8, 4) is 0 Å². The lowest BCUT2D eigenvalue weighted by molar-refractivity contribution is -0.116. The Bertz CT molecular complexity index is 364. The number of amides is 1. The summed E-state index contributed by atoms with van der Waals surface area (Å²) >= 11 is 5.80. The van der Waals surface area contributed by atoms with Crippen molar-refractivity contribution in [2.75, 3.05) is 11.4 Å². The largest absolute Gasteiger partial charge is 0.406 e. The molecule has 1 unspecified atom stereocenters. The lowest BCUT2D eigenvalue weighted by Gasteiger charge is -2.22. The summed E-state index contributed by atoms with van der Waals surface area (Å²) in [5.74, 6) is -0.126. The molecule has 0 aromatic carbocycles. The average Bonchev–Trinajstić information content (AvgIpc) is 2.61. The first-order valence-electron chi connectivity index (χ1n) is 4.94. The summed E-state index contributed by atoms with van der Waals surface area (Å²) in [5, 5.41) is 7.26. The van der Waals surface area contributed by atoms with Crippen LogP contribution < -0.4 is 10.6 Å². The van der Waals surface area contributed by atoms with E-state index in [2.05, 4.69) is 10.2 Å². The summed E-state index contributed by atoms with van der Waals surface area (Å²) in [6.07, 6.45) is 0. The number of rotatable bonds is 5. The molecule has 0 fully saturated rings. The van der Waals surface area contributed by atoms with Crippen LogP contribution in [0.2, 0.25) is 0 Å². The molecule has 0 radical (unpaired) electrons. The highest BCUT2D eigenvalue weighted by Gasteiger charge is 2.20. The first-order valence-corrected chi connectivity index (χ1v) is 5.38. The van der Waals surface area contributed by atoms with Gasteiger partial charge in [0.15, 0.2) is 0 Å². The van der Waals surface area contributed by atoms with E-state index in [1.165, 1.54) is 0 Å². The van der Waals surface area contributed by atoms with Crippen LogP contribution >= 0.6 is 11.6 Å². The van der Waals surface area contributed by atoms with Gasteiger partial charge in [-0.15, -0.1) is 16.7 Å². The molecular weight excluding hydrogens is 232 g/mol. The van der Waals surface area contributed by atoms with Crippen LogP contribution in [0, 0.1) is 0 Å². The normalized spacial score (nSPS) is 12.8. The molecule has 1 aromatic rings. The van der Waals surface area contributed by atoms with Crippen LogP contribution in [0.25, 0.3) is 0 Å². The molecule has 0 aliphatic heterocycles. The standard InChI is InChI=1S/C9H15ClN4O2/c1-5(2)14(4-7(11)15)9-13-12-8(16-9)6(3)10/h5-6H,4H2,1-3H3,(H2,11,15). The highest BCUT2D eigenvalue weighted by Crippen LogP contribution is 2.22. The third kappa shape index (κ3) is 3.10. The fourth-order valence-electron chi connectivity index (χ4n) is 1.14. The fraction of sp³-hybridized carbons (Fsp3) is 0.667. The molecule has 90 valence electrons. The van der Waals surface area contributed by atoms with Gasteiger partial charge in [-0.25, -0.2) is 0 Å². The van der Waals surface area contributed by atoms with E-state index >= 15 is 0 Å². The van der Waals surface area contributed by atoms with Gasteiger partial charge in [0.05, 0.1) is 0 Å². The Kier molecular flexibility index (Phi) is 4.12. The number of primary amides is 1. The topological polar surface area (TPSA) is 85.3 Å². The molecule has 16 heavy (non-hydrogen) atoms. The van der Waals surface area contributed by atoms with Gasteiger partial charge in [-0.2, -0.15) is 0 Å². The lowest BCUT2D eigenvalue weighted by Crippen LogP contribution is -2.38. The molecule has 0 spiro atoms. The van der Waals surface area contributed by atoms with E-state index < -0.39 is 5.91 Å². The lowest BCUT2D eigenvalue weighted by atomic mass is 10.3. The SMILES string of the molecule is CC(Cl)c1nnc(N(CC(N)=O)C(C)C)o1. The number of carbonyl (C=O) groups is 1. The number of alkyl halides is 1. The molecule has 1 aromatic heterocycles. The molecule has 0 aliphatic carbocycles. The number of halogens is 1. The Morgan fingerprint density at radius 1 is 1.50 bits per heavy atom. The van der Waals surface area contributed by atoms with Crippen LogP contribution in [0.5, 0.6) is 0 Å². The summed E-state index contributed by atoms with van der Waals surface area (Å²) < 4.78 is 5.33. The summed E-state index contributed by atoms with van der Waals surface area (Å²) in [4.78, 5) is 12.5. The van der Waals surface area contributed by atoms with E-state index in [-0.39, 0.29) is 24.0 Å². The Hall–Kier alpha value is -1.30. The van der Waals surface area contributed by atoms with Crippen molar-refractivity contribution >= 4 is 23.5 Å². The van der Waals surface area contributed by atoms with Crippen molar-refractivity contribution in [1.29, 1.82) is 0 Å². The third-order valence-corrected chi connectivity index (χ3v) is 2.15. The summed E-state index contributed by atoms with van der Waals surface area (Å²) in [7, 11) is 0. The molecule has 0 saturated carbocycles. The Labute approximate surface area is 98.8 Å². The zero-order valence-corrected chi connectivity index (χ0v) is 10.2. The number of nitrogens with two attached hydrogens (primary N) is 1. The van der Waals surface area contributed by atoms with Crippen LogP contribution in [0.4, 0.5) is 6.01 Å². The molecular formula is C9H15ClN4O2. The Balaban J connectivity index is 2.88. The Morgan fingerprint density at radius 2 is 2.12 bits per heavy atom. The molecule has 1 amide bonds. The van der Waals surface area contributed by atoms with Crippen LogP contribution in [0.3, 0.4) is 0 Å². The second-order valence-corrected chi connectivity index (χ2v) is 4.38. The number of hydrogen-bond acceptors (Lipinski definition) is 5. The van der Waals surface area contributed by atoms with Crippen molar-refractivity contribution in [3.05, 3.63) is 5.89 Å². The molecule has 0 aliphatic rings. The van der Waals surface area contributed by atoms with E-state index in [0.29, 0.717) is 5.89 Å². The van der Waals surface area contributed by atoms with E-state index in [1.54, 1.807) is 11.8 Å². The summed E-state index contributed by atoms with van der Waals surface area (Å²) in [5.41, 5.74) is 5.14. The molecule has 0 saturated heterocycles. The average molecular weight is 247 g/mol. The fourth-order valence-corrected chi connectivity index (χ4v) is 1.23. The van der Waals surface area contributed by atoms with Gasteiger partial charge >= 0.3 is 6.01 Å². The van der Waals surface area contributed by atoms with Gasteiger partial charge in [-0.3, -0.25) is 4.79 Å². The van der Waals surface area contributed by atoms with E-state index in [4.69, 9.17) is 21.8 Å². The van der Waals surface area contributed by atoms with E-state index in [1.807, 2.05) is 13.8 Å². The van der Waals surface area contributed by atoms with E-state index in [0.717, 1.165) is 0 Å². The molecule has 0 bridgehead atoms. The number of carbonyl (C=O) groups excluding carboxylic acids is 1. The third-order valence-electron chi connectivity index (χ3n) is 1.97. The van der Waals surface area contributed by atoms with Crippen LogP contribution in [0.1, 0.15) is 32.0 Å². The molecule has 1 rings (SSSR count). The zero-order chi connectivity index (χ0) is 12.3. The van der Waals surface area contributed by atoms with Crippen molar-refractivity contribution in [2.24, 2.45) is 5.73 Å². The van der Waals surface area contributed by atoms with Crippen LogP contribution in [-0.2, 0) is 4.79 Å². The van der Waals surface area contributed by atoms with Crippen molar-refractivity contribution in [2.45, 2.75) is 32.2 Å². The van der Waals surface area contributed by atoms with Gasteiger partial charge in [-0.05, 0) is 20.8 Å². The van der Waals surface area contributed by atoms with Gasteiger partial charge in [0.2, 0.25) is 11.8 Å². The summed E-state index contributed by atoms with van der Waals surface area (Å²) in [6.45, 7) is 5.57. The number of anilines is 1. The van der Waals surface area contributed by atoms with E-state index in [9.17, 15) is 4.79 Å². The van der Waals surface area contributed by atoms with Gasteiger partial charge in [-0.1, -0.05) is 5.10 Å². The monoisotopic (exact) mass is 246 g/mol. The summed E-state index contributed by atoms with van der Waals surface area (Å²) in [6, 6.07) is 0.294. The second-order valence-electron chi connectivity index (χ2n) is 3.73.